The number of thiazole rings is 2. The first-order valence-corrected chi connectivity index (χ1v) is 23.0. The summed E-state index contributed by atoms with van der Waals surface area (Å²) < 4.78 is 8.99. The fourth-order valence-corrected chi connectivity index (χ4v) is 11.6. The van der Waals surface area contributed by atoms with Crippen LogP contribution < -0.4 is 39.7 Å². The van der Waals surface area contributed by atoms with Crippen LogP contribution in [0.25, 0.3) is 22.8 Å². The Kier molecular flexibility index (Phi) is 13.5. The summed E-state index contributed by atoms with van der Waals surface area (Å²) in [6.45, 7) is 6.56. The molecule has 0 spiro atoms. The minimum absolute atomic E-state index is 0.0803. The third kappa shape index (κ3) is 8.79. The fourth-order valence-electron chi connectivity index (χ4n) is 7.54. The van der Waals surface area contributed by atoms with Crippen molar-refractivity contribution in [3.63, 3.8) is 0 Å². The molecule has 4 aromatic rings. The molecule has 19 heteroatoms. The summed E-state index contributed by atoms with van der Waals surface area (Å²) in [5.74, 6) is -1.93. The van der Waals surface area contributed by atoms with Gasteiger partial charge in [0.05, 0.1) is 9.06 Å². The minimum atomic E-state index is -1.22. The molecule has 2 saturated heterocycles. The number of unbranched alkanes of at least 4 members (excludes halogenated alkanes) is 3. The van der Waals surface area contributed by atoms with Crippen molar-refractivity contribution in [2.24, 2.45) is 0 Å². The Balaban J connectivity index is 1.28. The second-order valence-electron chi connectivity index (χ2n) is 14.3. The maximum absolute atomic E-state index is 13.8. The smallest absolute Gasteiger partial charge is 0.323 e. The van der Waals surface area contributed by atoms with E-state index in [-0.39, 0.29) is 39.1 Å². The number of carboxylic acid groups (broad SMARTS) is 1. The molecule has 61 heavy (non-hydrogen) atoms. The van der Waals surface area contributed by atoms with Crippen LogP contribution in [-0.4, -0.2) is 77.4 Å². The minimum Gasteiger partial charge on any atom is -0.480 e. The van der Waals surface area contributed by atoms with Crippen LogP contribution in [0, 0.1) is 0 Å². The van der Waals surface area contributed by atoms with E-state index in [0.717, 1.165) is 105 Å². The van der Waals surface area contributed by atoms with Crippen LogP contribution in [0.15, 0.2) is 46.0 Å². The number of likely N-dealkylation sites (N-methyl/N-ethyl adjacent to an activating group) is 1. The number of hydrogen-bond donors (Lipinski definition) is 2. The Labute approximate surface area is 372 Å². The Bertz CT molecular complexity index is 2880. The quantitative estimate of drug-likeness (QED) is 0.108. The van der Waals surface area contributed by atoms with E-state index in [4.69, 9.17) is 29.2 Å². The summed E-state index contributed by atoms with van der Waals surface area (Å²) in [7, 11) is 0. The van der Waals surface area contributed by atoms with Crippen molar-refractivity contribution in [2.75, 3.05) is 24.5 Å². The topological polar surface area (TPSA) is 163 Å². The first-order chi connectivity index (χ1) is 29.4. The van der Waals surface area contributed by atoms with Gasteiger partial charge in [-0.3, -0.25) is 47.7 Å². The van der Waals surface area contributed by atoms with Crippen LogP contribution >= 0.6 is 58.9 Å². The number of carbonyl (C=O) groups excluding carboxylic acids is 3. The van der Waals surface area contributed by atoms with E-state index in [9.17, 15) is 33.9 Å². The molecule has 5 heterocycles. The van der Waals surface area contributed by atoms with Gasteiger partial charge in [-0.05, 0) is 104 Å². The number of aryl methyl sites for hydroxylation is 2. The van der Waals surface area contributed by atoms with Gasteiger partial charge in [-0.2, -0.15) is 0 Å². The van der Waals surface area contributed by atoms with Crippen LogP contribution in [0.5, 0.6) is 0 Å². The number of carboxylic acids is 1. The van der Waals surface area contributed by atoms with E-state index in [1.807, 2.05) is 19.1 Å². The zero-order valence-corrected chi connectivity index (χ0v) is 37.6. The van der Waals surface area contributed by atoms with E-state index >= 15 is 0 Å². The Morgan fingerprint density at radius 2 is 1.41 bits per heavy atom. The third-order valence-corrected chi connectivity index (χ3v) is 14.6. The van der Waals surface area contributed by atoms with Gasteiger partial charge in [0, 0.05) is 31.0 Å². The molecule has 7 rings (SSSR count). The second kappa shape index (κ2) is 18.8. The molecule has 0 bridgehead atoms. The first kappa shape index (κ1) is 43.9. The van der Waals surface area contributed by atoms with Crippen molar-refractivity contribution in [3.05, 3.63) is 97.7 Å². The summed E-state index contributed by atoms with van der Waals surface area (Å²) in [4.78, 5) is 82.4. The summed E-state index contributed by atoms with van der Waals surface area (Å²) >= 11 is 14.1. The number of nitrogens with one attached hydrogen (secondary N) is 1. The molecule has 0 aliphatic carbocycles. The normalized spacial score (nSPS) is 17.6. The maximum atomic E-state index is 13.8. The Morgan fingerprint density at radius 3 is 1.95 bits per heavy atom. The molecule has 0 radical (unpaired) electrons. The Hall–Kier alpha value is -5.21. The number of ether oxygens (including phenoxy) is 1. The molecule has 2 fully saturated rings. The first-order valence-electron chi connectivity index (χ1n) is 19.8. The van der Waals surface area contributed by atoms with Gasteiger partial charge in [0.1, 0.15) is 30.8 Å². The van der Waals surface area contributed by atoms with E-state index < -0.39 is 29.5 Å². The molecule has 2 N–H and O–H groups in total. The average Bonchev–Trinajstić information content (AvgIpc) is 3.87. The molecule has 2 aromatic heterocycles. The van der Waals surface area contributed by atoms with Crippen LogP contribution in [-0.2, 0) is 50.0 Å². The molecule has 0 atom stereocenters. The number of amides is 2. The lowest BCUT2D eigenvalue weighted by atomic mass is 10.0. The zero-order chi connectivity index (χ0) is 43.5. The zero-order valence-electron chi connectivity index (χ0n) is 33.6. The number of fused-ring (bicyclic) bond motifs is 2. The largest absolute Gasteiger partial charge is 0.480 e. The highest BCUT2D eigenvalue weighted by Gasteiger charge is 2.34. The van der Waals surface area contributed by atoms with Gasteiger partial charge in [0.2, 0.25) is 0 Å². The van der Waals surface area contributed by atoms with E-state index in [2.05, 4.69) is 41.4 Å². The van der Waals surface area contributed by atoms with Gasteiger partial charge < -0.3 is 20.1 Å². The lowest BCUT2D eigenvalue weighted by Crippen LogP contribution is -2.36. The van der Waals surface area contributed by atoms with Crippen molar-refractivity contribution in [3.8, 4) is 0 Å². The number of anilines is 2. The van der Waals surface area contributed by atoms with Crippen molar-refractivity contribution in [2.45, 2.75) is 72.6 Å². The number of rotatable bonds is 14. The molecule has 3 aliphatic heterocycles. The number of thiocarbonyl (C=S) groups is 2. The van der Waals surface area contributed by atoms with Crippen LogP contribution in [0.2, 0.25) is 0 Å². The molecule has 2 aromatic carbocycles. The summed E-state index contributed by atoms with van der Waals surface area (Å²) in [6.07, 6.45) is 9.11. The van der Waals surface area contributed by atoms with Gasteiger partial charge in [-0.15, -0.1) is 22.7 Å². The molecular formula is C42H42N6O8S5. The van der Waals surface area contributed by atoms with Crippen molar-refractivity contribution in [1.29, 1.82) is 0 Å². The number of carbonyl (C=O) groups is 4. The Morgan fingerprint density at radius 1 is 0.803 bits per heavy atom. The van der Waals surface area contributed by atoms with Gasteiger partial charge >= 0.3 is 5.97 Å². The number of hydrogen-bond acceptors (Lipinski definition) is 13. The number of benzene rings is 2. The lowest BCUT2D eigenvalue weighted by molar-refractivity contribution is -0.138. The predicted molar refractivity (Wildman–Crippen MR) is 247 cm³/mol. The van der Waals surface area contributed by atoms with Crippen LogP contribution in [0.4, 0.5) is 11.4 Å². The SMILES string of the molecule is CCCCCCN1c2ccc(/C=c3/s/c(=C4/NC(=S)N(CC)C4=O)n(CC(=O)O)c3=O)cc2CCc2cc(/C=c3/s/c(=C4/SC(=S)N(CC)C4=O)n(COC=O)c3=O)ccc21. The van der Waals surface area contributed by atoms with Crippen molar-refractivity contribution in [1.82, 2.24) is 24.3 Å². The number of thioether (sulfide) groups is 1. The second-order valence-corrected chi connectivity index (χ2v) is 18.4. The van der Waals surface area contributed by atoms with Gasteiger partial charge in [0.15, 0.2) is 11.8 Å². The van der Waals surface area contributed by atoms with Gasteiger partial charge in [-0.25, -0.2) is 0 Å². The number of aliphatic carboxylic acids is 1. The maximum Gasteiger partial charge on any atom is 0.323 e. The third-order valence-electron chi connectivity index (χ3n) is 10.5. The monoisotopic (exact) mass is 918 g/mol. The summed E-state index contributed by atoms with van der Waals surface area (Å²) in [5, 5.41) is 12.7. The van der Waals surface area contributed by atoms with Crippen LogP contribution in [0.1, 0.15) is 68.7 Å². The average molecular weight is 919 g/mol. The van der Waals surface area contributed by atoms with Crippen molar-refractivity contribution >= 4 is 127 Å². The molecule has 318 valence electrons. The van der Waals surface area contributed by atoms with E-state index in [1.54, 1.807) is 19.1 Å². The molecule has 3 aliphatic rings. The van der Waals surface area contributed by atoms with Gasteiger partial charge in [0.25, 0.3) is 29.4 Å². The summed E-state index contributed by atoms with van der Waals surface area (Å²) in [6, 6.07) is 12.2. The highest BCUT2D eigenvalue weighted by Crippen LogP contribution is 2.38. The highest BCUT2D eigenvalue weighted by molar-refractivity contribution is 8.30. The summed E-state index contributed by atoms with van der Waals surface area (Å²) in [5.41, 5.74) is 4.95. The lowest BCUT2D eigenvalue weighted by Gasteiger charge is -2.27. The standard InChI is InChI=1S/C42H42N6O8S5/c1-4-7-8-9-16-46-28-14-10-24(19-30-35(52)47(21-32(50)51)39(59-30)33-37(54)44(5-2)41(57)43-33)17-26(28)12-13-27-18-25(11-15-29(27)46)20-31-36(53)48(22-56-23-49)40(60-31)34-38(55)45(6-3)42(58)61-34/h10-11,14-15,17-20,23H,4-9,12-13,16,21-22H2,1-3H3,(H,43,57)(H,50,51)/b30-19+,31-20+,39-33+,40-34+. The number of aromatic nitrogens is 2. The molecule has 14 nitrogen and oxygen atoms in total. The van der Waals surface area contributed by atoms with E-state index in [0.29, 0.717) is 44.4 Å². The van der Waals surface area contributed by atoms with Gasteiger partial charge in [-0.1, -0.05) is 62.3 Å². The molecule has 0 unspecified atom stereocenters. The number of nitrogens with zero attached hydrogens (tertiary/aromatic N) is 5. The highest BCUT2D eigenvalue weighted by atomic mass is 32.2. The van der Waals surface area contributed by atoms with Crippen molar-refractivity contribution < 1.29 is 29.0 Å². The van der Waals surface area contributed by atoms with Crippen LogP contribution in [0.3, 0.4) is 0 Å². The fraction of sp³-hybridized carbons (Fsp3) is 0.333. The predicted octanol–water partition coefficient (Wildman–Crippen LogP) is 2.66. The molecule has 0 saturated carbocycles. The van der Waals surface area contributed by atoms with E-state index in [1.165, 1.54) is 14.4 Å². The molecule has 2 amide bonds. The molecular weight excluding hydrogens is 877 g/mol.